The zero-order chi connectivity index (χ0) is 10.6. The summed E-state index contributed by atoms with van der Waals surface area (Å²) in [6.45, 7) is 4.57. The maximum atomic E-state index is 11.8. The first-order valence-corrected chi connectivity index (χ1v) is 6.27. The molecule has 0 aromatic rings. The molecule has 0 spiro atoms. The quantitative estimate of drug-likeness (QED) is 0.656. The van der Waals surface area contributed by atoms with Crippen molar-refractivity contribution in [2.75, 3.05) is 5.88 Å². The molecule has 0 heterocycles. The molecule has 2 heteroatoms. The molecule has 0 amide bonds. The van der Waals surface area contributed by atoms with Gasteiger partial charge in [-0.2, -0.15) is 0 Å². The predicted molar refractivity (Wildman–Crippen MR) is 60.6 cm³/mol. The van der Waals surface area contributed by atoms with Crippen molar-refractivity contribution >= 4 is 17.4 Å². The van der Waals surface area contributed by atoms with Gasteiger partial charge in [0, 0.05) is 18.2 Å². The topological polar surface area (TPSA) is 17.1 Å². The Morgan fingerprint density at radius 1 is 1.29 bits per heavy atom. The molecular weight excluding hydrogens is 196 g/mol. The molecule has 0 aromatic heterocycles. The summed E-state index contributed by atoms with van der Waals surface area (Å²) in [7, 11) is 0. The van der Waals surface area contributed by atoms with Crippen molar-refractivity contribution < 1.29 is 4.79 Å². The molecule has 0 saturated heterocycles. The van der Waals surface area contributed by atoms with Crippen LogP contribution in [0, 0.1) is 17.8 Å². The average Bonchev–Trinajstić information content (AvgIpc) is 2.18. The number of carbonyl (C=O) groups is 1. The first-order chi connectivity index (χ1) is 6.65. The molecule has 0 bridgehead atoms. The van der Waals surface area contributed by atoms with Crippen LogP contribution in [0.3, 0.4) is 0 Å². The minimum atomic E-state index is 0.337. The highest BCUT2D eigenvalue weighted by Crippen LogP contribution is 2.34. The smallest absolute Gasteiger partial charge is 0.136 e. The lowest BCUT2D eigenvalue weighted by Crippen LogP contribution is -2.26. The van der Waals surface area contributed by atoms with Crippen molar-refractivity contribution in [2.24, 2.45) is 17.8 Å². The van der Waals surface area contributed by atoms with E-state index in [1.165, 1.54) is 6.42 Å². The second-order valence-corrected chi connectivity index (χ2v) is 5.10. The average molecular weight is 217 g/mol. The summed E-state index contributed by atoms with van der Waals surface area (Å²) < 4.78 is 0. The van der Waals surface area contributed by atoms with Gasteiger partial charge in [0.15, 0.2) is 0 Å². The van der Waals surface area contributed by atoms with Gasteiger partial charge in [-0.05, 0) is 37.5 Å². The van der Waals surface area contributed by atoms with Crippen LogP contribution in [0.1, 0.15) is 46.0 Å². The highest BCUT2D eigenvalue weighted by Gasteiger charge is 2.28. The standard InChI is InChI=1S/C12H21ClO/c1-9-5-6-11(8-10(9)2)12(14)4-3-7-13/h9-11H,3-8H2,1-2H3. The van der Waals surface area contributed by atoms with E-state index in [1.807, 2.05) is 0 Å². The van der Waals surface area contributed by atoms with E-state index in [1.54, 1.807) is 0 Å². The number of ketones is 1. The van der Waals surface area contributed by atoms with Crippen molar-refractivity contribution in [3.63, 3.8) is 0 Å². The van der Waals surface area contributed by atoms with E-state index in [0.717, 1.165) is 25.2 Å². The maximum Gasteiger partial charge on any atom is 0.136 e. The van der Waals surface area contributed by atoms with E-state index in [4.69, 9.17) is 11.6 Å². The highest BCUT2D eigenvalue weighted by atomic mass is 35.5. The molecule has 0 aliphatic heterocycles. The summed E-state index contributed by atoms with van der Waals surface area (Å²) >= 11 is 5.58. The Morgan fingerprint density at radius 3 is 2.57 bits per heavy atom. The molecule has 1 aliphatic rings. The molecule has 1 nitrogen and oxygen atoms in total. The summed E-state index contributed by atoms with van der Waals surface area (Å²) in [5, 5.41) is 0. The van der Waals surface area contributed by atoms with Gasteiger partial charge in [-0.15, -0.1) is 11.6 Å². The van der Waals surface area contributed by atoms with Crippen LogP contribution >= 0.6 is 11.6 Å². The van der Waals surface area contributed by atoms with Crippen LogP contribution in [0.25, 0.3) is 0 Å². The molecule has 82 valence electrons. The van der Waals surface area contributed by atoms with Crippen LogP contribution in [0.5, 0.6) is 0 Å². The summed E-state index contributed by atoms with van der Waals surface area (Å²) in [4.78, 5) is 11.8. The Labute approximate surface area is 92.2 Å². The van der Waals surface area contributed by atoms with Gasteiger partial charge < -0.3 is 0 Å². The normalized spacial score (nSPS) is 32.9. The Bertz CT molecular complexity index is 191. The molecule has 3 atom stereocenters. The van der Waals surface area contributed by atoms with Crippen molar-refractivity contribution in [3.05, 3.63) is 0 Å². The highest BCUT2D eigenvalue weighted by molar-refractivity contribution is 6.17. The third kappa shape index (κ3) is 3.27. The molecule has 3 unspecified atom stereocenters. The first-order valence-electron chi connectivity index (χ1n) is 5.73. The number of Topliss-reactive ketones (excluding diaryl/α,β-unsaturated/α-hetero) is 1. The van der Waals surface area contributed by atoms with Crippen LogP contribution in [0.4, 0.5) is 0 Å². The Hall–Kier alpha value is -0.0400. The molecule has 14 heavy (non-hydrogen) atoms. The number of rotatable bonds is 4. The van der Waals surface area contributed by atoms with Gasteiger partial charge in [-0.3, -0.25) is 4.79 Å². The van der Waals surface area contributed by atoms with Crippen molar-refractivity contribution in [3.8, 4) is 0 Å². The molecule has 0 N–H and O–H groups in total. The van der Waals surface area contributed by atoms with E-state index >= 15 is 0 Å². The summed E-state index contributed by atoms with van der Waals surface area (Å²) in [6.07, 6.45) is 4.96. The lowest BCUT2D eigenvalue weighted by Gasteiger charge is -2.31. The number of hydrogen-bond donors (Lipinski definition) is 0. The van der Waals surface area contributed by atoms with Gasteiger partial charge in [0.25, 0.3) is 0 Å². The fourth-order valence-electron chi connectivity index (χ4n) is 2.29. The third-order valence-corrected chi connectivity index (χ3v) is 3.88. The van der Waals surface area contributed by atoms with Gasteiger partial charge in [-0.25, -0.2) is 0 Å². The zero-order valence-electron chi connectivity index (χ0n) is 9.26. The van der Waals surface area contributed by atoms with Gasteiger partial charge in [0.2, 0.25) is 0 Å². The van der Waals surface area contributed by atoms with E-state index in [9.17, 15) is 4.79 Å². The number of halogens is 1. The SMILES string of the molecule is CC1CCC(C(=O)CCCCl)CC1C. The minimum Gasteiger partial charge on any atom is -0.299 e. The van der Waals surface area contributed by atoms with Crippen LogP contribution in [-0.2, 0) is 4.79 Å². The number of hydrogen-bond acceptors (Lipinski definition) is 1. The second kappa shape index (κ2) is 5.75. The van der Waals surface area contributed by atoms with Gasteiger partial charge in [0.05, 0.1) is 0 Å². The molecule has 0 radical (unpaired) electrons. The molecule has 1 fully saturated rings. The summed E-state index contributed by atoms with van der Waals surface area (Å²) in [5.74, 6) is 2.92. The molecular formula is C12H21ClO. The molecule has 0 aromatic carbocycles. The number of alkyl halides is 1. The van der Waals surface area contributed by atoms with Gasteiger partial charge in [-0.1, -0.05) is 13.8 Å². The van der Waals surface area contributed by atoms with E-state index in [0.29, 0.717) is 29.9 Å². The lowest BCUT2D eigenvalue weighted by molar-refractivity contribution is -0.124. The fourth-order valence-corrected chi connectivity index (χ4v) is 2.42. The number of carbonyl (C=O) groups excluding carboxylic acids is 1. The van der Waals surface area contributed by atoms with E-state index in [2.05, 4.69) is 13.8 Å². The zero-order valence-corrected chi connectivity index (χ0v) is 10.0. The predicted octanol–water partition coefficient (Wildman–Crippen LogP) is 3.65. The fraction of sp³-hybridized carbons (Fsp3) is 0.917. The van der Waals surface area contributed by atoms with Crippen molar-refractivity contribution in [1.29, 1.82) is 0 Å². The van der Waals surface area contributed by atoms with Crippen LogP contribution in [0.15, 0.2) is 0 Å². The van der Waals surface area contributed by atoms with Gasteiger partial charge in [0.1, 0.15) is 5.78 Å². The molecule has 1 rings (SSSR count). The van der Waals surface area contributed by atoms with Crippen LogP contribution in [0.2, 0.25) is 0 Å². The maximum absolute atomic E-state index is 11.8. The Morgan fingerprint density at radius 2 is 2.00 bits per heavy atom. The minimum absolute atomic E-state index is 0.337. The monoisotopic (exact) mass is 216 g/mol. The van der Waals surface area contributed by atoms with Crippen LogP contribution < -0.4 is 0 Å². The lowest BCUT2D eigenvalue weighted by atomic mass is 9.74. The Balaban J connectivity index is 2.34. The van der Waals surface area contributed by atoms with E-state index in [-0.39, 0.29) is 0 Å². The summed E-state index contributed by atoms with van der Waals surface area (Å²) in [5.41, 5.74) is 0. The first kappa shape index (κ1) is 12.0. The van der Waals surface area contributed by atoms with Crippen molar-refractivity contribution in [2.45, 2.75) is 46.0 Å². The van der Waals surface area contributed by atoms with Crippen molar-refractivity contribution in [1.82, 2.24) is 0 Å². The van der Waals surface area contributed by atoms with Gasteiger partial charge >= 0.3 is 0 Å². The molecule has 1 saturated carbocycles. The third-order valence-electron chi connectivity index (χ3n) is 3.61. The van der Waals surface area contributed by atoms with Crippen LogP contribution in [-0.4, -0.2) is 11.7 Å². The summed E-state index contributed by atoms with van der Waals surface area (Å²) in [6, 6.07) is 0. The largest absolute Gasteiger partial charge is 0.299 e. The second-order valence-electron chi connectivity index (χ2n) is 4.72. The molecule has 1 aliphatic carbocycles. The van der Waals surface area contributed by atoms with E-state index < -0.39 is 0 Å². The Kier molecular flexibility index (Phi) is 4.94.